The fraction of sp³-hybridized carbons (Fsp3) is 0.167. The average Bonchev–Trinajstić information content (AvgIpc) is 2.03. The second-order valence-electron chi connectivity index (χ2n) is 2.30. The maximum Gasteiger partial charge on any atom is 0.352 e. The minimum Gasteiger partial charge on any atom is -0.479 e. The molecular formula is C6H6N2O5. The molecule has 0 fully saturated rings. The molecule has 0 spiro atoms. The van der Waals surface area contributed by atoms with Gasteiger partial charge in [-0.2, -0.15) is 0 Å². The Morgan fingerprint density at radius 2 is 2.00 bits per heavy atom. The van der Waals surface area contributed by atoms with Crippen LogP contribution in [-0.2, 0) is 9.59 Å². The topological polar surface area (TPSA) is 116 Å². The number of carbonyl (C=O) groups excluding carboxylic acids is 1. The number of amides is 2. The van der Waals surface area contributed by atoms with Crippen LogP contribution in [0.5, 0.6) is 0 Å². The molecule has 0 aromatic carbocycles. The van der Waals surface area contributed by atoms with Crippen LogP contribution in [0.25, 0.3) is 0 Å². The molecular weight excluding hydrogens is 180 g/mol. The summed E-state index contributed by atoms with van der Waals surface area (Å²) in [6.07, 6.45) is 0.909. The Morgan fingerprint density at radius 1 is 1.38 bits per heavy atom. The Labute approximate surface area is 72.0 Å². The zero-order chi connectivity index (χ0) is 10.0. The molecule has 1 heterocycles. The van der Waals surface area contributed by atoms with Crippen LogP contribution in [0, 0.1) is 0 Å². The van der Waals surface area contributed by atoms with Gasteiger partial charge in [-0.1, -0.05) is 0 Å². The van der Waals surface area contributed by atoms with Crippen LogP contribution in [0.4, 0.5) is 4.79 Å². The first-order valence-corrected chi connectivity index (χ1v) is 3.26. The lowest BCUT2D eigenvalue weighted by Crippen LogP contribution is -2.50. The minimum atomic E-state index is -1.37. The van der Waals surface area contributed by atoms with Crippen molar-refractivity contribution in [2.45, 2.75) is 6.04 Å². The smallest absolute Gasteiger partial charge is 0.352 e. The van der Waals surface area contributed by atoms with Gasteiger partial charge in [0.05, 0.1) is 0 Å². The van der Waals surface area contributed by atoms with Crippen molar-refractivity contribution in [3.63, 3.8) is 0 Å². The Hall–Kier alpha value is -2.05. The molecule has 1 rings (SSSR count). The Bertz CT molecular complexity index is 308. The second-order valence-corrected chi connectivity index (χ2v) is 2.30. The van der Waals surface area contributed by atoms with Crippen LogP contribution in [0.3, 0.4) is 0 Å². The molecule has 7 nitrogen and oxygen atoms in total. The number of aliphatic carboxylic acids is 2. The predicted octanol–water partition coefficient (Wildman–Crippen LogP) is -1.28. The van der Waals surface area contributed by atoms with E-state index in [1.165, 1.54) is 0 Å². The lowest BCUT2D eigenvalue weighted by molar-refractivity contribution is -0.138. The fourth-order valence-corrected chi connectivity index (χ4v) is 0.807. The summed E-state index contributed by atoms with van der Waals surface area (Å²) in [7, 11) is 0. The molecule has 1 aliphatic rings. The van der Waals surface area contributed by atoms with Gasteiger partial charge in [0, 0.05) is 0 Å². The van der Waals surface area contributed by atoms with Gasteiger partial charge in [0.25, 0.3) is 0 Å². The van der Waals surface area contributed by atoms with Crippen molar-refractivity contribution in [3.05, 3.63) is 11.8 Å². The summed E-state index contributed by atoms with van der Waals surface area (Å²) >= 11 is 0. The molecule has 7 heteroatoms. The molecule has 1 atom stereocenters. The lowest BCUT2D eigenvalue weighted by Gasteiger charge is -2.18. The first kappa shape index (κ1) is 9.04. The standard InChI is InChI=1S/C6H6N2O5/c9-4(10)2-1-3(5(11)12)8-6(13)7-2/h1-2H,(H,9,10)(H,11,12)(H2,7,8,13)/t2-/m1/s1. The molecule has 0 aliphatic carbocycles. The SMILES string of the molecule is O=C1NC(C(=O)O)=C[C@H](C(=O)O)N1. The van der Waals surface area contributed by atoms with Gasteiger partial charge in [-0.05, 0) is 6.08 Å². The van der Waals surface area contributed by atoms with Crippen LogP contribution >= 0.6 is 0 Å². The van der Waals surface area contributed by atoms with E-state index in [0.717, 1.165) is 6.08 Å². The van der Waals surface area contributed by atoms with Crippen LogP contribution in [0.15, 0.2) is 11.8 Å². The van der Waals surface area contributed by atoms with Gasteiger partial charge in [0.15, 0.2) is 0 Å². The molecule has 4 N–H and O–H groups in total. The van der Waals surface area contributed by atoms with Crippen molar-refractivity contribution >= 4 is 18.0 Å². The minimum absolute atomic E-state index is 0.434. The van der Waals surface area contributed by atoms with E-state index < -0.39 is 29.7 Å². The third-order valence-electron chi connectivity index (χ3n) is 1.36. The summed E-state index contributed by atoms with van der Waals surface area (Å²) in [5.74, 6) is -2.69. The van der Waals surface area contributed by atoms with Gasteiger partial charge < -0.3 is 20.8 Å². The van der Waals surface area contributed by atoms with Crippen LogP contribution in [0.2, 0.25) is 0 Å². The molecule has 70 valence electrons. The molecule has 0 aromatic rings. The highest BCUT2D eigenvalue weighted by atomic mass is 16.4. The predicted molar refractivity (Wildman–Crippen MR) is 38.8 cm³/mol. The normalized spacial score (nSPS) is 21.1. The zero-order valence-electron chi connectivity index (χ0n) is 6.27. The fourth-order valence-electron chi connectivity index (χ4n) is 0.807. The Balaban J connectivity index is 2.91. The van der Waals surface area contributed by atoms with Gasteiger partial charge in [-0.15, -0.1) is 0 Å². The number of rotatable bonds is 2. The summed E-state index contributed by atoms with van der Waals surface area (Å²) in [6, 6.07) is -2.13. The van der Waals surface area contributed by atoms with Crippen LogP contribution < -0.4 is 10.6 Å². The number of nitrogens with one attached hydrogen (secondary N) is 2. The Kier molecular flexibility index (Phi) is 2.18. The molecule has 0 saturated heterocycles. The molecule has 0 aromatic heterocycles. The number of carboxylic acids is 2. The summed E-state index contributed by atoms with van der Waals surface area (Å²) < 4.78 is 0. The van der Waals surface area contributed by atoms with E-state index in [4.69, 9.17) is 10.2 Å². The number of urea groups is 1. The third-order valence-corrected chi connectivity index (χ3v) is 1.36. The van der Waals surface area contributed by atoms with E-state index in [1.54, 1.807) is 0 Å². The van der Waals surface area contributed by atoms with E-state index in [2.05, 4.69) is 0 Å². The second kappa shape index (κ2) is 3.13. The maximum atomic E-state index is 10.7. The van der Waals surface area contributed by atoms with Crippen molar-refractivity contribution < 1.29 is 24.6 Å². The third kappa shape index (κ3) is 1.95. The van der Waals surface area contributed by atoms with Crippen LogP contribution in [-0.4, -0.2) is 34.2 Å². The van der Waals surface area contributed by atoms with E-state index in [9.17, 15) is 14.4 Å². The van der Waals surface area contributed by atoms with Crippen molar-refractivity contribution in [1.29, 1.82) is 0 Å². The zero-order valence-corrected chi connectivity index (χ0v) is 6.27. The van der Waals surface area contributed by atoms with Crippen molar-refractivity contribution in [2.24, 2.45) is 0 Å². The number of carbonyl (C=O) groups is 3. The van der Waals surface area contributed by atoms with Crippen LogP contribution in [0.1, 0.15) is 0 Å². The van der Waals surface area contributed by atoms with E-state index in [0.29, 0.717) is 0 Å². The molecule has 13 heavy (non-hydrogen) atoms. The van der Waals surface area contributed by atoms with Gasteiger partial charge in [0.2, 0.25) is 0 Å². The van der Waals surface area contributed by atoms with Gasteiger partial charge in [-0.25, -0.2) is 14.4 Å². The highest BCUT2D eigenvalue weighted by Crippen LogP contribution is 2.00. The number of carboxylic acid groups (broad SMARTS) is 2. The summed E-state index contributed by atoms with van der Waals surface area (Å²) in [5.41, 5.74) is -0.434. The number of hydrogen-bond acceptors (Lipinski definition) is 3. The highest BCUT2D eigenvalue weighted by molar-refractivity contribution is 5.97. The summed E-state index contributed by atoms with van der Waals surface area (Å²) in [6.45, 7) is 0. The molecule has 0 bridgehead atoms. The Morgan fingerprint density at radius 3 is 2.46 bits per heavy atom. The van der Waals surface area contributed by atoms with Crippen molar-refractivity contribution in [2.75, 3.05) is 0 Å². The average molecular weight is 186 g/mol. The number of hydrogen-bond donors (Lipinski definition) is 4. The summed E-state index contributed by atoms with van der Waals surface area (Å²) in [5, 5.41) is 20.9. The quantitative estimate of drug-likeness (QED) is 0.428. The van der Waals surface area contributed by atoms with E-state index in [-0.39, 0.29) is 0 Å². The highest BCUT2D eigenvalue weighted by Gasteiger charge is 2.26. The molecule has 2 amide bonds. The first-order chi connectivity index (χ1) is 6.00. The molecule has 1 aliphatic heterocycles. The lowest BCUT2D eigenvalue weighted by atomic mass is 10.2. The first-order valence-electron chi connectivity index (χ1n) is 3.26. The molecule has 0 saturated carbocycles. The van der Waals surface area contributed by atoms with Gasteiger partial charge in [0.1, 0.15) is 11.7 Å². The monoisotopic (exact) mass is 186 g/mol. The maximum absolute atomic E-state index is 10.7. The van der Waals surface area contributed by atoms with Gasteiger partial charge >= 0.3 is 18.0 Å². The van der Waals surface area contributed by atoms with E-state index >= 15 is 0 Å². The largest absolute Gasteiger partial charge is 0.479 e. The van der Waals surface area contributed by atoms with Gasteiger partial charge in [-0.3, -0.25) is 0 Å². The summed E-state index contributed by atoms with van der Waals surface area (Å²) in [4.78, 5) is 31.5. The molecule has 0 unspecified atom stereocenters. The van der Waals surface area contributed by atoms with E-state index in [1.807, 2.05) is 10.6 Å². The molecule has 0 radical (unpaired) electrons. The van der Waals surface area contributed by atoms with Crippen molar-refractivity contribution in [1.82, 2.24) is 10.6 Å². The van der Waals surface area contributed by atoms with Crippen molar-refractivity contribution in [3.8, 4) is 0 Å².